The van der Waals surface area contributed by atoms with Gasteiger partial charge in [-0.2, -0.15) is 0 Å². The van der Waals surface area contributed by atoms with Gasteiger partial charge in [-0.05, 0) is 18.3 Å². The van der Waals surface area contributed by atoms with Crippen molar-refractivity contribution in [3.63, 3.8) is 0 Å². The molecule has 7 heteroatoms. The average Bonchev–Trinajstić information content (AvgIpc) is 3.04. The molecule has 0 aromatic carbocycles. The Morgan fingerprint density at radius 1 is 1.40 bits per heavy atom. The normalized spacial score (nSPS) is 21.9. The molecule has 1 aliphatic rings. The van der Waals surface area contributed by atoms with Gasteiger partial charge in [0.15, 0.2) is 11.1 Å². The fourth-order valence-corrected chi connectivity index (χ4v) is 3.97. The number of nitrogens with one attached hydrogen (secondary N) is 2. The minimum absolute atomic E-state index is 0.160. The summed E-state index contributed by atoms with van der Waals surface area (Å²) in [5.74, 6) is 1.32. The first-order valence-corrected chi connectivity index (χ1v) is 9.87. The van der Waals surface area contributed by atoms with Crippen molar-refractivity contribution in [2.24, 2.45) is 16.3 Å². The monoisotopic (exact) mass is 367 g/mol. The Morgan fingerprint density at radius 2 is 2.16 bits per heavy atom. The molecule has 0 amide bonds. The van der Waals surface area contributed by atoms with Crippen molar-refractivity contribution in [2.75, 3.05) is 39.2 Å². The summed E-state index contributed by atoms with van der Waals surface area (Å²) in [5.41, 5.74) is 1.19. The van der Waals surface area contributed by atoms with Gasteiger partial charge in [-0.15, -0.1) is 11.3 Å². The van der Waals surface area contributed by atoms with E-state index in [-0.39, 0.29) is 11.5 Å². The lowest BCUT2D eigenvalue weighted by atomic mass is 9.78. The van der Waals surface area contributed by atoms with E-state index in [0.29, 0.717) is 12.5 Å². The highest BCUT2D eigenvalue weighted by atomic mass is 32.1. The molecule has 0 radical (unpaired) electrons. The molecular weight excluding hydrogens is 334 g/mol. The van der Waals surface area contributed by atoms with Gasteiger partial charge >= 0.3 is 0 Å². The number of aliphatic imine (C=N–C) groups is 1. The van der Waals surface area contributed by atoms with E-state index >= 15 is 0 Å². The SMILES string of the molecule is CN=C(NCc1csc(N(C)C)n1)NCC1CCCOC1C(C)(C)C. The lowest BCUT2D eigenvalue weighted by Crippen LogP contribution is -2.47. The smallest absolute Gasteiger partial charge is 0.191 e. The molecule has 2 N–H and O–H groups in total. The molecule has 1 saturated heterocycles. The van der Waals surface area contributed by atoms with Crippen LogP contribution < -0.4 is 15.5 Å². The van der Waals surface area contributed by atoms with Crippen LogP contribution in [0.1, 0.15) is 39.3 Å². The predicted octanol–water partition coefficient (Wildman–Crippen LogP) is 2.72. The van der Waals surface area contributed by atoms with Crippen LogP contribution in [0.2, 0.25) is 0 Å². The zero-order valence-corrected chi connectivity index (χ0v) is 17.2. The molecule has 2 heterocycles. The molecule has 1 aromatic rings. The second-order valence-electron chi connectivity index (χ2n) is 7.88. The maximum absolute atomic E-state index is 6.06. The van der Waals surface area contributed by atoms with Crippen LogP contribution in [0.5, 0.6) is 0 Å². The van der Waals surface area contributed by atoms with Gasteiger partial charge in [-0.25, -0.2) is 4.98 Å². The van der Waals surface area contributed by atoms with Gasteiger partial charge in [0.1, 0.15) is 0 Å². The summed E-state index contributed by atoms with van der Waals surface area (Å²) in [6, 6.07) is 0. The van der Waals surface area contributed by atoms with Crippen molar-refractivity contribution in [3.8, 4) is 0 Å². The van der Waals surface area contributed by atoms with Crippen molar-refractivity contribution < 1.29 is 4.74 Å². The first-order valence-electron chi connectivity index (χ1n) is 8.99. The molecular formula is C18H33N5OS. The van der Waals surface area contributed by atoms with E-state index in [4.69, 9.17) is 4.74 Å². The van der Waals surface area contributed by atoms with Gasteiger partial charge in [0.25, 0.3) is 0 Å². The number of nitrogens with zero attached hydrogens (tertiary/aromatic N) is 3. The van der Waals surface area contributed by atoms with Gasteiger partial charge in [-0.1, -0.05) is 20.8 Å². The van der Waals surface area contributed by atoms with Crippen molar-refractivity contribution in [1.82, 2.24) is 15.6 Å². The highest BCUT2D eigenvalue weighted by Gasteiger charge is 2.35. The van der Waals surface area contributed by atoms with Crippen molar-refractivity contribution >= 4 is 22.4 Å². The molecule has 25 heavy (non-hydrogen) atoms. The summed E-state index contributed by atoms with van der Waals surface area (Å²) < 4.78 is 6.06. The Kier molecular flexibility index (Phi) is 7.07. The van der Waals surface area contributed by atoms with E-state index in [1.807, 2.05) is 19.0 Å². The van der Waals surface area contributed by atoms with Gasteiger partial charge in [-0.3, -0.25) is 4.99 Å². The molecule has 1 fully saturated rings. The lowest BCUT2D eigenvalue weighted by Gasteiger charge is -2.40. The number of hydrogen-bond donors (Lipinski definition) is 2. The van der Waals surface area contributed by atoms with Crippen molar-refractivity contribution in [2.45, 2.75) is 46.3 Å². The van der Waals surface area contributed by atoms with Crippen molar-refractivity contribution in [3.05, 3.63) is 11.1 Å². The summed E-state index contributed by atoms with van der Waals surface area (Å²) >= 11 is 1.65. The molecule has 1 aromatic heterocycles. The van der Waals surface area contributed by atoms with E-state index in [2.05, 4.69) is 46.8 Å². The second-order valence-corrected chi connectivity index (χ2v) is 8.72. The number of aromatic nitrogens is 1. The number of rotatable bonds is 5. The number of thiazole rings is 1. The highest BCUT2D eigenvalue weighted by molar-refractivity contribution is 7.13. The van der Waals surface area contributed by atoms with Crippen LogP contribution in [0, 0.1) is 11.3 Å². The zero-order valence-electron chi connectivity index (χ0n) is 16.4. The predicted molar refractivity (Wildman–Crippen MR) is 107 cm³/mol. The summed E-state index contributed by atoms with van der Waals surface area (Å²) in [6.45, 7) is 9.20. The molecule has 142 valence electrons. The Balaban J connectivity index is 1.84. The quantitative estimate of drug-likeness (QED) is 0.619. The molecule has 2 unspecified atom stereocenters. The van der Waals surface area contributed by atoms with Crippen LogP contribution in [0.4, 0.5) is 5.13 Å². The van der Waals surface area contributed by atoms with Crippen LogP contribution in [-0.2, 0) is 11.3 Å². The molecule has 2 rings (SSSR count). The van der Waals surface area contributed by atoms with E-state index in [0.717, 1.165) is 36.4 Å². The minimum Gasteiger partial charge on any atom is -0.377 e. The van der Waals surface area contributed by atoms with Crippen LogP contribution in [0.25, 0.3) is 0 Å². The standard InChI is InChI=1S/C18H33N5OS/c1-18(2,3)15-13(8-7-9-24-15)10-20-16(19-4)21-11-14-12-25-17(22-14)23(5)6/h12-13,15H,7-11H2,1-6H3,(H2,19,20,21). The molecule has 0 aliphatic carbocycles. The van der Waals surface area contributed by atoms with Crippen LogP contribution in [0.15, 0.2) is 10.4 Å². The maximum atomic E-state index is 6.06. The minimum atomic E-state index is 0.160. The van der Waals surface area contributed by atoms with Crippen molar-refractivity contribution in [1.29, 1.82) is 0 Å². The molecule has 0 saturated carbocycles. The van der Waals surface area contributed by atoms with Crippen LogP contribution >= 0.6 is 11.3 Å². The zero-order chi connectivity index (χ0) is 18.4. The third kappa shape index (κ3) is 5.85. The summed E-state index contributed by atoms with van der Waals surface area (Å²) in [4.78, 5) is 10.9. The van der Waals surface area contributed by atoms with Crippen LogP contribution in [0.3, 0.4) is 0 Å². The number of guanidine groups is 1. The fraction of sp³-hybridized carbons (Fsp3) is 0.778. The lowest BCUT2D eigenvalue weighted by molar-refractivity contribution is -0.0835. The number of hydrogen-bond acceptors (Lipinski definition) is 5. The highest BCUT2D eigenvalue weighted by Crippen LogP contribution is 2.33. The number of ether oxygens (including phenoxy) is 1. The first kappa shape index (κ1) is 20.0. The third-order valence-corrected chi connectivity index (χ3v) is 5.47. The Labute approximate surface area is 156 Å². The van der Waals surface area contributed by atoms with E-state index in [9.17, 15) is 0 Å². The average molecular weight is 368 g/mol. The van der Waals surface area contributed by atoms with Crippen LogP contribution in [-0.4, -0.2) is 51.3 Å². The van der Waals surface area contributed by atoms with E-state index < -0.39 is 0 Å². The third-order valence-electron chi connectivity index (χ3n) is 4.41. The largest absolute Gasteiger partial charge is 0.377 e. The Morgan fingerprint density at radius 3 is 2.76 bits per heavy atom. The van der Waals surface area contributed by atoms with E-state index in [1.165, 1.54) is 6.42 Å². The van der Waals surface area contributed by atoms with Gasteiger partial charge in [0, 0.05) is 45.6 Å². The second kappa shape index (κ2) is 8.85. The fourth-order valence-electron chi connectivity index (χ4n) is 3.22. The Hall–Kier alpha value is -1.34. The number of anilines is 1. The summed E-state index contributed by atoms with van der Waals surface area (Å²) in [7, 11) is 5.82. The topological polar surface area (TPSA) is 61.8 Å². The molecule has 2 atom stereocenters. The van der Waals surface area contributed by atoms with Gasteiger partial charge in [0.2, 0.25) is 0 Å². The molecule has 0 spiro atoms. The van der Waals surface area contributed by atoms with Gasteiger partial charge in [0.05, 0.1) is 18.3 Å². The summed E-state index contributed by atoms with van der Waals surface area (Å²) in [6.07, 6.45) is 2.62. The first-order chi connectivity index (χ1) is 11.8. The molecule has 6 nitrogen and oxygen atoms in total. The maximum Gasteiger partial charge on any atom is 0.191 e. The Bertz CT molecular complexity index is 564. The summed E-state index contributed by atoms with van der Waals surface area (Å²) in [5, 5.41) is 9.92. The van der Waals surface area contributed by atoms with E-state index in [1.54, 1.807) is 18.4 Å². The van der Waals surface area contributed by atoms with Gasteiger partial charge < -0.3 is 20.3 Å². The molecule has 1 aliphatic heterocycles. The molecule has 0 bridgehead atoms.